The third kappa shape index (κ3) is 1.81. The molecule has 0 aliphatic carbocycles. The lowest BCUT2D eigenvalue weighted by atomic mass is 10.1. The molecule has 1 unspecified atom stereocenters. The predicted octanol–water partition coefficient (Wildman–Crippen LogP) is 1.27. The maximum atomic E-state index is 12.4. The molecule has 0 spiro atoms. The number of halogens is 1. The molecule has 0 amide bonds. The number of alkyl halides is 1. The molecule has 1 aromatic rings. The van der Waals surface area contributed by atoms with Gasteiger partial charge in [-0.2, -0.15) is 0 Å². The first kappa shape index (κ1) is 8.70. The lowest BCUT2D eigenvalue weighted by Crippen LogP contribution is -2.05. The molecule has 12 heavy (non-hydrogen) atoms. The summed E-state index contributed by atoms with van der Waals surface area (Å²) in [6, 6.07) is 0. The lowest BCUT2D eigenvalue weighted by molar-refractivity contribution is 0.0695. The third-order valence-electron chi connectivity index (χ3n) is 1.35. The molecule has 1 aromatic heterocycles. The van der Waals surface area contributed by atoms with Crippen LogP contribution in [0.3, 0.4) is 0 Å². The van der Waals surface area contributed by atoms with E-state index in [0.717, 1.165) is 6.26 Å². The van der Waals surface area contributed by atoms with Gasteiger partial charge in [0.05, 0.1) is 0 Å². The molecule has 0 bridgehead atoms. The summed E-state index contributed by atoms with van der Waals surface area (Å²) in [7, 11) is 0. The van der Waals surface area contributed by atoms with Crippen LogP contribution >= 0.6 is 0 Å². The monoisotopic (exact) mass is 173 g/mol. The molecule has 1 heterocycles. The van der Waals surface area contributed by atoms with E-state index < -0.39 is 12.1 Å². The van der Waals surface area contributed by atoms with Crippen LogP contribution in [0.15, 0.2) is 10.8 Å². The highest BCUT2D eigenvalue weighted by molar-refractivity contribution is 5.88. The minimum absolute atomic E-state index is 0.0296. The average molecular weight is 173 g/mol. The highest BCUT2D eigenvalue weighted by Crippen LogP contribution is 2.10. The smallest absolute Gasteiger partial charge is 0.340 e. The molecule has 0 saturated carbocycles. The van der Waals surface area contributed by atoms with Crippen molar-refractivity contribution >= 4 is 5.97 Å². The van der Waals surface area contributed by atoms with Gasteiger partial charge in [0.2, 0.25) is 0 Å². The summed E-state index contributed by atoms with van der Waals surface area (Å²) in [4.78, 5) is 10.4. The van der Waals surface area contributed by atoms with Crippen molar-refractivity contribution in [2.45, 2.75) is 19.5 Å². The minimum Gasteiger partial charge on any atom is -0.478 e. The fraction of sp³-hybridized carbons (Fsp3) is 0.429. The van der Waals surface area contributed by atoms with Crippen molar-refractivity contribution < 1.29 is 18.8 Å². The van der Waals surface area contributed by atoms with Crippen molar-refractivity contribution in [1.82, 2.24) is 5.16 Å². The Balaban J connectivity index is 2.84. The van der Waals surface area contributed by atoms with Crippen LogP contribution in [-0.2, 0) is 6.42 Å². The predicted molar refractivity (Wildman–Crippen MR) is 37.7 cm³/mol. The summed E-state index contributed by atoms with van der Waals surface area (Å²) >= 11 is 0. The molecular weight excluding hydrogens is 165 g/mol. The molecule has 1 atom stereocenters. The fourth-order valence-electron chi connectivity index (χ4n) is 0.847. The van der Waals surface area contributed by atoms with Crippen LogP contribution in [0.5, 0.6) is 0 Å². The standard InChI is InChI=1S/C7H8FNO3/c1-4(8)2-6-5(7(10)11)3-12-9-6/h3-4H,2H2,1H3,(H,10,11). The summed E-state index contributed by atoms with van der Waals surface area (Å²) in [5, 5.41) is 11.9. The number of carboxylic acids is 1. The highest BCUT2D eigenvalue weighted by Gasteiger charge is 2.16. The zero-order chi connectivity index (χ0) is 9.14. The van der Waals surface area contributed by atoms with Crippen molar-refractivity contribution in [3.8, 4) is 0 Å². The fourth-order valence-corrected chi connectivity index (χ4v) is 0.847. The molecule has 0 radical (unpaired) electrons. The summed E-state index contributed by atoms with van der Waals surface area (Å²) in [6.07, 6.45) is -0.147. The van der Waals surface area contributed by atoms with Crippen LogP contribution in [0.2, 0.25) is 0 Å². The number of carbonyl (C=O) groups is 1. The van der Waals surface area contributed by atoms with Crippen LogP contribution in [0.1, 0.15) is 23.0 Å². The van der Waals surface area contributed by atoms with Crippen molar-refractivity contribution in [2.75, 3.05) is 0 Å². The van der Waals surface area contributed by atoms with Gasteiger partial charge in [0.1, 0.15) is 23.7 Å². The summed E-state index contributed by atoms with van der Waals surface area (Å²) in [5.41, 5.74) is 0.0806. The Bertz CT molecular complexity index is 282. The number of nitrogens with zero attached hydrogens (tertiary/aromatic N) is 1. The summed E-state index contributed by atoms with van der Waals surface area (Å²) in [6.45, 7) is 1.33. The molecule has 0 aliphatic heterocycles. The van der Waals surface area contributed by atoms with E-state index in [2.05, 4.69) is 9.68 Å². The Morgan fingerprint density at radius 3 is 3.08 bits per heavy atom. The Hall–Kier alpha value is -1.39. The van der Waals surface area contributed by atoms with Crippen molar-refractivity contribution in [1.29, 1.82) is 0 Å². The molecule has 5 heteroatoms. The first-order valence-corrected chi connectivity index (χ1v) is 3.42. The molecule has 0 aliphatic rings. The van der Waals surface area contributed by atoms with E-state index in [1.807, 2.05) is 0 Å². The van der Waals surface area contributed by atoms with Crippen LogP contribution in [0, 0.1) is 0 Å². The number of aromatic nitrogens is 1. The number of carboxylic acid groups (broad SMARTS) is 1. The van der Waals surface area contributed by atoms with Gasteiger partial charge in [-0.3, -0.25) is 0 Å². The van der Waals surface area contributed by atoms with Gasteiger partial charge in [-0.1, -0.05) is 5.16 Å². The average Bonchev–Trinajstić information content (AvgIpc) is 2.33. The molecule has 66 valence electrons. The Morgan fingerprint density at radius 1 is 1.92 bits per heavy atom. The second-order valence-electron chi connectivity index (χ2n) is 2.46. The first-order valence-electron chi connectivity index (χ1n) is 3.42. The second kappa shape index (κ2) is 3.34. The normalized spacial score (nSPS) is 12.8. The zero-order valence-electron chi connectivity index (χ0n) is 6.45. The van der Waals surface area contributed by atoms with E-state index in [9.17, 15) is 9.18 Å². The SMILES string of the molecule is CC(F)Cc1nocc1C(=O)O. The largest absolute Gasteiger partial charge is 0.478 e. The van der Waals surface area contributed by atoms with Crippen molar-refractivity contribution in [3.63, 3.8) is 0 Å². The first-order chi connectivity index (χ1) is 5.61. The maximum Gasteiger partial charge on any atom is 0.340 e. The van der Waals surface area contributed by atoms with Gasteiger partial charge < -0.3 is 9.63 Å². The zero-order valence-corrected chi connectivity index (χ0v) is 6.45. The number of hydrogen-bond acceptors (Lipinski definition) is 3. The maximum absolute atomic E-state index is 12.4. The van der Waals surface area contributed by atoms with E-state index >= 15 is 0 Å². The van der Waals surface area contributed by atoms with Gasteiger partial charge in [-0.15, -0.1) is 0 Å². The number of hydrogen-bond donors (Lipinski definition) is 1. The Kier molecular flexibility index (Phi) is 2.42. The molecule has 0 aromatic carbocycles. The van der Waals surface area contributed by atoms with Crippen LogP contribution in [0.4, 0.5) is 4.39 Å². The molecule has 1 N–H and O–H groups in total. The van der Waals surface area contributed by atoms with E-state index in [0.29, 0.717) is 0 Å². The van der Waals surface area contributed by atoms with Gasteiger partial charge in [-0.05, 0) is 6.92 Å². The van der Waals surface area contributed by atoms with Crippen LogP contribution in [-0.4, -0.2) is 22.4 Å². The highest BCUT2D eigenvalue weighted by atomic mass is 19.1. The molecule has 0 saturated heterocycles. The second-order valence-corrected chi connectivity index (χ2v) is 2.46. The lowest BCUT2D eigenvalue weighted by Gasteiger charge is -1.96. The minimum atomic E-state index is -1.15. The number of aromatic carboxylic acids is 1. The summed E-state index contributed by atoms with van der Waals surface area (Å²) in [5.74, 6) is -1.15. The Morgan fingerprint density at radius 2 is 2.58 bits per heavy atom. The van der Waals surface area contributed by atoms with Gasteiger partial charge in [-0.25, -0.2) is 9.18 Å². The van der Waals surface area contributed by atoms with Crippen molar-refractivity contribution in [3.05, 3.63) is 17.5 Å². The van der Waals surface area contributed by atoms with E-state index in [1.54, 1.807) is 0 Å². The van der Waals surface area contributed by atoms with Crippen LogP contribution in [0.25, 0.3) is 0 Å². The summed E-state index contributed by atoms with van der Waals surface area (Å²) < 4.78 is 16.8. The van der Waals surface area contributed by atoms with Crippen LogP contribution < -0.4 is 0 Å². The van der Waals surface area contributed by atoms with Crippen molar-refractivity contribution in [2.24, 2.45) is 0 Å². The topological polar surface area (TPSA) is 63.3 Å². The molecule has 1 rings (SSSR count). The van der Waals surface area contributed by atoms with Gasteiger partial charge in [0.25, 0.3) is 0 Å². The quantitative estimate of drug-likeness (QED) is 0.747. The van der Waals surface area contributed by atoms with E-state index in [1.165, 1.54) is 6.92 Å². The molecule has 4 nitrogen and oxygen atoms in total. The molecule has 0 fully saturated rings. The third-order valence-corrected chi connectivity index (χ3v) is 1.35. The van der Waals surface area contributed by atoms with Gasteiger partial charge in [0, 0.05) is 6.42 Å². The van der Waals surface area contributed by atoms with Gasteiger partial charge >= 0.3 is 5.97 Å². The van der Waals surface area contributed by atoms with E-state index in [-0.39, 0.29) is 17.7 Å². The number of rotatable bonds is 3. The Labute approximate surface area is 68.0 Å². The van der Waals surface area contributed by atoms with Gasteiger partial charge in [0.15, 0.2) is 0 Å². The van der Waals surface area contributed by atoms with E-state index in [4.69, 9.17) is 5.11 Å². The molecular formula is C7H8FNO3.